The second kappa shape index (κ2) is 8.76. The lowest BCUT2D eigenvalue weighted by molar-refractivity contribution is -0.121. The predicted octanol–water partition coefficient (Wildman–Crippen LogP) is 6.65. The minimum absolute atomic E-state index is 0.167. The van der Waals surface area contributed by atoms with Crippen molar-refractivity contribution in [3.05, 3.63) is 123 Å². The maximum Gasteiger partial charge on any atom is 0.238 e. The van der Waals surface area contributed by atoms with Crippen LogP contribution in [-0.4, -0.2) is 29.6 Å². The first kappa shape index (κ1) is 24.1. The van der Waals surface area contributed by atoms with Gasteiger partial charge in [-0.1, -0.05) is 60.1 Å². The summed E-state index contributed by atoms with van der Waals surface area (Å²) in [7, 11) is 0. The number of carbonyl (C=O) groups is 3. The van der Waals surface area contributed by atoms with Crippen molar-refractivity contribution in [3.8, 4) is 0 Å². The Kier molecular flexibility index (Phi) is 5.41. The third-order valence-corrected chi connectivity index (χ3v) is 9.46. The molecule has 4 aromatic rings. The highest BCUT2D eigenvalue weighted by Crippen LogP contribution is 2.58. The lowest BCUT2D eigenvalue weighted by atomic mass is 9.64. The molecule has 1 spiro atoms. The van der Waals surface area contributed by atoms with Crippen LogP contribution in [-0.2, 0) is 10.2 Å². The average molecular weight is 551 g/mol. The lowest BCUT2D eigenvalue weighted by Gasteiger charge is -2.39. The highest BCUT2D eigenvalue weighted by Gasteiger charge is 2.70. The minimum atomic E-state index is -1.32. The molecule has 0 unspecified atom stereocenters. The van der Waals surface area contributed by atoms with Crippen molar-refractivity contribution in [2.75, 3.05) is 10.2 Å². The van der Waals surface area contributed by atoms with E-state index in [4.69, 9.17) is 11.6 Å². The number of nitrogens with one attached hydrogen (secondary N) is 1. The van der Waals surface area contributed by atoms with E-state index in [-0.39, 0.29) is 17.5 Å². The first-order chi connectivity index (χ1) is 18.9. The Balaban J connectivity index is 1.56. The van der Waals surface area contributed by atoms with Gasteiger partial charge in [0.15, 0.2) is 11.6 Å². The van der Waals surface area contributed by atoms with E-state index in [0.717, 1.165) is 22.4 Å². The van der Waals surface area contributed by atoms with Crippen molar-refractivity contribution in [3.63, 3.8) is 0 Å². The van der Waals surface area contributed by atoms with Crippen LogP contribution in [0.3, 0.4) is 0 Å². The molecule has 5 nitrogen and oxygen atoms in total. The van der Waals surface area contributed by atoms with Gasteiger partial charge in [-0.3, -0.25) is 14.4 Å². The molecular formula is C32H23ClN2O3S. The van der Waals surface area contributed by atoms with Gasteiger partial charge in [-0.2, -0.15) is 0 Å². The quantitative estimate of drug-likeness (QED) is 0.289. The number of hydrogen-bond donors (Lipinski definition) is 1. The zero-order valence-corrected chi connectivity index (χ0v) is 22.5. The minimum Gasteiger partial charge on any atom is -0.352 e. The molecular weight excluding hydrogens is 528 g/mol. The SMILES string of the molecule is CC1=C[C@H]2N(c3ccccc31)[C@H](C(=O)c1cccs1)[C@@H](C(=O)c1ccc(Cl)cc1)[C@]21C(=O)Nc2ccccc21. The smallest absolute Gasteiger partial charge is 0.238 e. The number of fused-ring (bicyclic) bond motifs is 6. The topological polar surface area (TPSA) is 66.5 Å². The summed E-state index contributed by atoms with van der Waals surface area (Å²) in [5.74, 6) is -1.68. The Hall–Kier alpha value is -4.00. The first-order valence-electron chi connectivity index (χ1n) is 12.8. The number of halogens is 1. The summed E-state index contributed by atoms with van der Waals surface area (Å²) >= 11 is 7.51. The number of ketones is 2. The molecule has 1 N–H and O–H groups in total. The van der Waals surface area contributed by atoms with Crippen LogP contribution in [0.4, 0.5) is 11.4 Å². The largest absolute Gasteiger partial charge is 0.352 e. The third kappa shape index (κ3) is 3.28. The number of allylic oxidation sites excluding steroid dienone is 1. The molecule has 1 amide bonds. The van der Waals surface area contributed by atoms with Crippen LogP contribution < -0.4 is 10.2 Å². The van der Waals surface area contributed by atoms with Crippen LogP contribution in [0.15, 0.2) is 96.4 Å². The maximum atomic E-state index is 14.7. The van der Waals surface area contributed by atoms with Crippen molar-refractivity contribution >= 4 is 57.4 Å². The third-order valence-electron chi connectivity index (χ3n) is 8.33. The highest BCUT2D eigenvalue weighted by molar-refractivity contribution is 7.12. The number of benzene rings is 3. The average Bonchev–Trinajstić information content (AvgIpc) is 3.66. The second-order valence-corrected chi connectivity index (χ2v) is 11.6. The fourth-order valence-corrected chi connectivity index (χ4v) is 7.57. The van der Waals surface area contributed by atoms with Gasteiger partial charge in [0.25, 0.3) is 0 Å². The maximum absolute atomic E-state index is 14.7. The van der Waals surface area contributed by atoms with Gasteiger partial charge in [-0.15, -0.1) is 11.3 Å². The Morgan fingerprint density at radius 1 is 0.923 bits per heavy atom. The number of Topliss-reactive ketones (excluding diaryl/α,β-unsaturated/α-hetero) is 2. The van der Waals surface area contributed by atoms with Gasteiger partial charge in [0, 0.05) is 27.5 Å². The number of para-hydroxylation sites is 2. The summed E-state index contributed by atoms with van der Waals surface area (Å²) in [6.45, 7) is 2.02. The van der Waals surface area contributed by atoms with Crippen LogP contribution in [0.5, 0.6) is 0 Å². The van der Waals surface area contributed by atoms with Crippen molar-refractivity contribution in [2.45, 2.75) is 24.4 Å². The van der Waals surface area contributed by atoms with Gasteiger partial charge in [-0.05, 0) is 65.9 Å². The molecule has 0 bridgehead atoms. The number of nitrogens with zero attached hydrogens (tertiary/aromatic N) is 1. The fourth-order valence-electron chi connectivity index (χ4n) is 6.75. The van der Waals surface area contributed by atoms with E-state index in [2.05, 4.69) is 11.4 Å². The number of anilines is 2. The van der Waals surface area contributed by atoms with E-state index in [1.165, 1.54) is 11.3 Å². The van der Waals surface area contributed by atoms with Crippen LogP contribution in [0.2, 0.25) is 5.02 Å². The van der Waals surface area contributed by atoms with Crippen LogP contribution in [0.1, 0.15) is 38.1 Å². The molecule has 0 saturated carbocycles. The van der Waals surface area contributed by atoms with Crippen LogP contribution in [0.25, 0.3) is 5.57 Å². The van der Waals surface area contributed by atoms with E-state index in [1.54, 1.807) is 30.3 Å². The van der Waals surface area contributed by atoms with E-state index >= 15 is 0 Å². The number of hydrogen-bond acceptors (Lipinski definition) is 5. The van der Waals surface area contributed by atoms with Crippen molar-refractivity contribution in [1.29, 1.82) is 0 Å². The second-order valence-electron chi connectivity index (χ2n) is 10.2. The summed E-state index contributed by atoms with van der Waals surface area (Å²) in [6.07, 6.45) is 2.06. The van der Waals surface area contributed by atoms with Gasteiger partial charge >= 0.3 is 0 Å². The molecule has 3 aromatic carbocycles. The van der Waals surface area contributed by atoms with E-state index in [1.807, 2.05) is 71.8 Å². The number of carbonyl (C=O) groups excluding carboxylic acids is 3. The molecule has 0 radical (unpaired) electrons. The first-order valence-corrected chi connectivity index (χ1v) is 14.0. The van der Waals surface area contributed by atoms with Gasteiger partial charge in [0.05, 0.1) is 16.8 Å². The predicted molar refractivity (Wildman–Crippen MR) is 155 cm³/mol. The van der Waals surface area contributed by atoms with Crippen molar-refractivity contribution in [2.24, 2.45) is 5.92 Å². The highest BCUT2D eigenvalue weighted by atomic mass is 35.5. The molecule has 3 aliphatic heterocycles. The zero-order valence-electron chi connectivity index (χ0n) is 20.9. The molecule has 192 valence electrons. The number of amides is 1. The van der Waals surface area contributed by atoms with Gasteiger partial charge in [0.2, 0.25) is 5.91 Å². The summed E-state index contributed by atoms with van der Waals surface area (Å²) in [6, 6.07) is 24.3. The molecule has 7 heteroatoms. The molecule has 1 aromatic heterocycles. The zero-order chi connectivity index (χ0) is 26.9. The van der Waals surface area contributed by atoms with Gasteiger partial charge in [-0.25, -0.2) is 0 Å². The monoisotopic (exact) mass is 550 g/mol. The Morgan fingerprint density at radius 3 is 2.44 bits per heavy atom. The van der Waals surface area contributed by atoms with Crippen LogP contribution >= 0.6 is 22.9 Å². The summed E-state index contributed by atoms with van der Waals surface area (Å²) in [4.78, 5) is 46.1. The van der Waals surface area contributed by atoms with Gasteiger partial charge < -0.3 is 10.2 Å². The fraction of sp³-hybridized carbons (Fsp3) is 0.156. The molecule has 4 atom stereocenters. The molecule has 0 aliphatic carbocycles. The Labute approximate surface area is 234 Å². The number of thiophene rings is 1. The van der Waals surface area contributed by atoms with E-state index in [0.29, 0.717) is 21.2 Å². The van der Waals surface area contributed by atoms with Gasteiger partial charge in [0.1, 0.15) is 11.5 Å². The Morgan fingerprint density at radius 2 is 1.67 bits per heavy atom. The van der Waals surface area contributed by atoms with Crippen LogP contribution in [0, 0.1) is 5.92 Å². The standard InChI is InChI=1S/C32H23ClN2O3S/c1-18-17-26-32(22-8-3-4-9-23(22)34-31(32)38)27(29(36)19-12-14-20(33)15-13-19)28(30(37)25-11-6-16-39-25)35(26)24-10-5-2-7-21(18)24/h2-17,26-28H,1H3,(H,34,38)/t26-,27+,28+,32-/m1/s1. The molecule has 7 rings (SSSR count). The molecule has 3 aliphatic rings. The normalized spacial score (nSPS) is 24.6. The molecule has 1 saturated heterocycles. The van der Waals surface area contributed by atoms with Crippen molar-refractivity contribution in [1.82, 2.24) is 0 Å². The summed E-state index contributed by atoms with van der Waals surface area (Å²) < 4.78 is 0. The summed E-state index contributed by atoms with van der Waals surface area (Å²) in [5, 5.41) is 5.43. The van der Waals surface area contributed by atoms with E-state index in [9.17, 15) is 14.4 Å². The molecule has 4 heterocycles. The van der Waals surface area contributed by atoms with E-state index < -0.39 is 23.4 Å². The van der Waals surface area contributed by atoms with Crippen molar-refractivity contribution < 1.29 is 14.4 Å². The number of rotatable bonds is 4. The molecule has 1 fully saturated rings. The summed E-state index contributed by atoms with van der Waals surface area (Å²) in [5.41, 5.74) is 3.34. The lowest BCUT2D eigenvalue weighted by Crippen LogP contribution is -2.51. The molecule has 39 heavy (non-hydrogen) atoms. The Bertz CT molecular complexity index is 1690.